The Bertz CT molecular complexity index is 1250. The zero-order valence-electron chi connectivity index (χ0n) is 19.4. The molecule has 174 valence electrons. The number of nitrogens with zero attached hydrogens (tertiary/aromatic N) is 1. The van der Waals surface area contributed by atoms with Gasteiger partial charge in [0, 0.05) is 6.07 Å². The first-order valence-electron chi connectivity index (χ1n) is 10.3. The van der Waals surface area contributed by atoms with E-state index >= 15 is 0 Å². The van der Waals surface area contributed by atoms with Gasteiger partial charge in [-0.2, -0.15) is 0 Å². The van der Waals surface area contributed by atoms with Crippen molar-refractivity contribution in [2.45, 2.75) is 25.7 Å². The van der Waals surface area contributed by atoms with Crippen molar-refractivity contribution in [3.8, 4) is 11.5 Å². The van der Waals surface area contributed by atoms with Crippen molar-refractivity contribution in [1.82, 2.24) is 0 Å². The number of ether oxygens (including phenoxy) is 2. The fourth-order valence-corrected chi connectivity index (χ4v) is 4.85. The average molecular weight is 469 g/mol. The first-order chi connectivity index (χ1) is 15.7. The molecule has 0 aliphatic carbocycles. The molecule has 0 heterocycles. The third-order valence-electron chi connectivity index (χ3n) is 5.42. The van der Waals surface area contributed by atoms with E-state index in [0.717, 1.165) is 21.0 Å². The Labute approximate surface area is 195 Å². The predicted octanol–water partition coefficient (Wildman–Crippen LogP) is 4.46. The van der Waals surface area contributed by atoms with E-state index < -0.39 is 22.5 Å². The number of sulfonamides is 1. The van der Waals surface area contributed by atoms with E-state index in [1.54, 1.807) is 54.6 Å². The summed E-state index contributed by atoms with van der Waals surface area (Å²) in [6, 6.07) is 16.9. The molecule has 3 rings (SSSR count). The van der Waals surface area contributed by atoms with Crippen LogP contribution in [-0.4, -0.2) is 35.1 Å². The number of aryl methyl sites for hydroxylation is 2. The van der Waals surface area contributed by atoms with Crippen LogP contribution in [0.5, 0.6) is 11.5 Å². The Morgan fingerprint density at radius 2 is 1.64 bits per heavy atom. The van der Waals surface area contributed by atoms with E-state index in [1.165, 1.54) is 14.2 Å². The highest BCUT2D eigenvalue weighted by atomic mass is 32.2. The minimum atomic E-state index is -4.01. The van der Waals surface area contributed by atoms with Crippen LogP contribution in [0.4, 0.5) is 11.4 Å². The SMILES string of the molecule is COc1ccc(OC)c(NC(=O)CN(c2cccc(C)c2C)S(=O)(=O)c2ccc(C)cc2)c1. The Kier molecular flexibility index (Phi) is 7.28. The maximum atomic E-state index is 13.6. The summed E-state index contributed by atoms with van der Waals surface area (Å²) in [6.07, 6.45) is 0. The van der Waals surface area contributed by atoms with Gasteiger partial charge < -0.3 is 14.8 Å². The van der Waals surface area contributed by atoms with Crippen molar-refractivity contribution in [2.75, 3.05) is 30.4 Å². The second kappa shape index (κ2) is 9.95. The molecule has 0 saturated heterocycles. The van der Waals surface area contributed by atoms with E-state index in [9.17, 15) is 13.2 Å². The molecule has 0 saturated carbocycles. The number of amides is 1. The molecule has 8 heteroatoms. The van der Waals surface area contributed by atoms with Gasteiger partial charge in [0.25, 0.3) is 10.0 Å². The Morgan fingerprint density at radius 1 is 0.939 bits per heavy atom. The van der Waals surface area contributed by atoms with E-state index in [4.69, 9.17) is 9.47 Å². The highest BCUT2D eigenvalue weighted by Crippen LogP contribution is 2.31. The van der Waals surface area contributed by atoms with E-state index in [0.29, 0.717) is 22.9 Å². The van der Waals surface area contributed by atoms with Crippen molar-refractivity contribution >= 4 is 27.3 Å². The van der Waals surface area contributed by atoms with Gasteiger partial charge in [-0.1, -0.05) is 29.8 Å². The van der Waals surface area contributed by atoms with Crippen LogP contribution in [0.15, 0.2) is 65.6 Å². The number of carbonyl (C=O) groups is 1. The molecule has 0 bridgehead atoms. The fourth-order valence-electron chi connectivity index (χ4n) is 3.37. The molecule has 3 aromatic carbocycles. The van der Waals surface area contributed by atoms with Gasteiger partial charge in [-0.25, -0.2) is 8.42 Å². The number of hydrogen-bond acceptors (Lipinski definition) is 5. The molecule has 1 N–H and O–H groups in total. The molecule has 7 nitrogen and oxygen atoms in total. The number of carbonyl (C=O) groups excluding carboxylic acids is 1. The van der Waals surface area contributed by atoms with Crippen LogP contribution in [0, 0.1) is 20.8 Å². The molecular weight excluding hydrogens is 440 g/mol. The summed E-state index contributed by atoms with van der Waals surface area (Å²) in [6.45, 7) is 5.21. The lowest BCUT2D eigenvalue weighted by atomic mass is 10.1. The van der Waals surface area contributed by atoms with Crippen molar-refractivity contribution in [1.29, 1.82) is 0 Å². The number of rotatable bonds is 8. The first kappa shape index (κ1) is 24.1. The summed E-state index contributed by atoms with van der Waals surface area (Å²) in [4.78, 5) is 13.2. The highest BCUT2D eigenvalue weighted by Gasteiger charge is 2.29. The van der Waals surface area contributed by atoms with E-state index in [-0.39, 0.29) is 4.90 Å². The van der Waals surface area contributed by atoms with Gasteiger partial charge in [-0.05, 0) is 62.2 Å². The number of hydrogen-bond donors (Lipinski definition) is 1. The quantitative estimate of drug-likeness (QED) is 0.528. The lowest BCUT2D eigenvalue weighted by Crippen LogP contribution is -2.38. The monoisotopic (exact) mass is 468 g/mol. The predicted molar refractivity (Wildman–Crippen MR) is 130 cm³/mol. The first-order valence-corrected chi connectivity index (χ1v) is 11.8. The molecule has 3 aromatic rings. The zero-order valence-corrected chi connectivity index (χ0v) is 20.2. The molecule has 0 aliphatic heterocycles. The van der Waals surface area contributed by atoms with Crippen LogP contribution in [0.25, 0.3) is 0 Å². The van der Waals surface area contributed by atoms with Gasteiger partial charge in [0.2, 0.25) is 5.91 Å². The highest BCUT2D eigenvalue weighted by molar-refractivity contribution is 7.92. The molecule has 0 radical (unpaired) electrons. The maximum absolute atomic E-state index is 13.6. The summed E-state index contributed by atoms with van der Waals surface area (Å²) in [5.74, 6) is 0.451. The number of anilines is 2. The lowest BCUT2D eigenvalue weighted by Gasteiger charge is -2.26. The molecule has 1 amide bonds. The molecular formula is C25H28N2O5S. The lowest BCUT2D eigenvalue weighted by molar-refractivity contribution is -0.114. The molecule has 0 aromatic heterocycles. The van der Waals surface area contributed by atoms with Gasteiger partial charge in [-0.15, -0.1) is 0 Å². The standard InChI is InChI=1S/C25H28N2O5S/c1-17-9-12-21(13-10-17)33(29,30)27(23-8-6-7-18(2)19(23)3)16-25(28)26-22-15-20(31-4)11-14-24(22)32-5/h6-15H,16H2,1-5H3,(H,26,28). The maximum Gasteiger partial charge on any atom is 0.264 e. The van der Waals surface area contributed by atoms with Crippen LogP contribution >= 0.6 is 0 Å². The number of methoxy groups -OCH3 is 2. The van der Waals surface area contributed by atoms with Gasteiger partial charge in [0.1, 0.15) is 18.0 Å². The second-order valence-electron chi connectivity index (χ2n) is 7.66. The van der Waals surface area contributed by atoms with Crippen LogP contribution in [0.3, 0.4) is 0 Å². The van der Waals surface area contributed by atoms with Gasteiger partial charge >= 0.3 is 0 Å². The third kappa shape index (κ3) is 5.28. The average Bonchev–Trinajstić information content (AvgIpc) is 2.79. The minimum absolute atomic E-state index is 0.112. The normalized spacial score (nSPS) is 11.1. The Morgan fingerprint density at radius 3 is 2.27 bits per heavy atom. The molecule has 33 heavy (non-hydrogen) atoms. The Balaban J connectivity index is 2.01. The van der Waals surface area contributed by atoms with Crippen LogP contribution in [0.2, 0.25) is 0 Å². The fraction of sp³-hybridized carbons (Fsp3) is 0.240. The smallest absolute Gasteiger partial charge is 0.264 e. The summed E-state index contributed by atoms with van der Waals surface area (Å²) in [5, 5.41) is 2.75. The van der Waals surface area contributed by atoms with Gasteiger partial charge in [-0.3, -0.25) is 9.10 Å². The van der Waals surface area contributed by atoms with Crippen molar-refractivity contribution < 1.29 is 22.7 Å². The largest absolute Gasteiger partial charge is 0.497 e. The summed E-state index contributed by atoms with van der Waals surface area (Å²) >= 11 is 0. The summed E-state index contributed by atoms with van der Waals surface area (Å²) in [5.41, 5.74) is 3.47. The van der Waals surface area contributed by atoms with Crippen LogP contribution < -0.4 is 19.1 Å². The van der Waals surface area contributed by atoms with E-state index in [2.05, 4.69) is 5.32 Å². The van der Waals surface area contributed by atoms with Crippen LogP contribution in [-0.2, 0) is 14.8 Å². The molecule has 0 unspecified atom stereocenters. The molecule has 0 spiro atoms. The van der Waals surface area contributed by atoms with Crippen molar-refractivity contribution in [3.63, 3.8) is 0 Å². The number of benzene rings is 3. The number of nitrogens with one attached hydrogen (secondary N) is 1. The second-order valence-corrected chi connectivity index (χ2v) is 9.52. The van der Waals surface area contributed by atoms with Gasteiger partial charge in [0.15, 0.2) is 0 Å². The minimum Gasteiger partial charge on any atom is -0.497 e. The van der Waals surface area contributed by atoms with Gasteiger partial charge in [0.05, 0.1) is 30.5 Å². The Hall–Kier alpha value is -3.52. The summed E-state index contributed by atoms with van der Waals surface area (Å²) < 4.78 is 38.9. The topological polar surface area (TPSA) is 84.9 Å². The molecule has 0 aliphatic rings. The third-order valence-corrected chi connectivity index (χ3v) is 7.20. The zero-order chi connectivity index (χ0) is 24.2. The molecule has 0 fully saturated rings. The molecule has 0 atom stereocenters. The van der Waals surface area contributed by atoms with Crippen LogP contribution in [0.1, 0.15) is 16.7 Å². The summed E-state index contributed by atoms with van der Waals surface area (Å²) in [7, 11) is -1.00. The van der Waals surface area contributed by atoms with Crippen molar-refractivity contribution in [3.05, 3.63) is 77.4 Å². The van der Waals surface area contributed by atoms with E-state index in [1.807, 2.05) is 26.8 Å². The van der Waals surface area contributed by atoms with Crippen molar-refractivity contribution in [2.24, 2.45) is 0 Å².